The number of amides is 2. The fraction of sp³-hybridized carbons (Fsp3) is 0.304. The van der Waals surface area contributed by atoms with Crippen LogP contribution in [-0.2, 0) is 16.1 Å². The molecule has 2 amide bonds. The first-order valence-electron chi connectivity index (χ1n) is 9.53. The highest BCUT2D eigenvalue weighted by atomic mass is 16.5. The lowest BCUT2D eigenvalue weighted by Crippen LogP contribution is -2.45. The number of benzene rings is 2. The van der Waals surface area contributed by atoms with Gasteiger partial charge in [-0.3, -0.25) is 9.59 Å². The Bertz CT molecular complexity index is 844. The highest BCUT2D eigenvalue weighted by Gasteiger charge is 2.33. The minimum Gasteiger partial charge on any atom is -0.497 e. The standard InChI is InChI=1S/C23H26N2O3/c1-17(19-10-12-20(28-2)13-11-19)15-22(26)25-14-6-9-21(25)23(27)24-16-18-7-4-3-5-8-18/h3-5,7-8,10-13,15,21H,6,9,14,16H2,1-2H3,(H,24,27)/b17-15+/t21-/m1/s1. The molecule has 0 saturated carbocycles. The summed E-state index contributed by atoms with van der Waals surface area (Å²) in [5.41, 5.74) is 2.86. The van der Waals surface area contributed by atoms with Gasteiger partial charge in [-0.1, -0.05) is 42.5 Å². The number of rotatable bonds is 6. The molecule has 28 heavy (non-hydrogen) atoms. The van der Waals surface area contributed by atoms with E-state index in [-0.39, 0.29) is 11.8 Å². The molecule has 1 aliphatic heterocycles. The molecule has 2 aromatic carbocycles. The Balaban J connectivity index is 1.63. The maximum atomic E-state index is 12.8. The molecule has 1 atom stereocenters. The first kappa shape index (κ1) is 19.7. The lowest BCUT2D eigenvalue weighted by Gasteiger charge is -2.23. The summed E-state index contributed by atoms with van der Waals surface area (Å²) in [7, 11) is 1.62. The van der Waals surface area contributed by atoms with Gasteiger partial charge in [-0.15, -0.1) is 0 Å². The van der Waals surface area contributed by atoms with Crippen LogP contribution in [0.25, 0.3) is 5.57 Å². The summed E-state index contributed by atoms with van der Waals surface area (Å²) in [6, 6.07) is 16.9. The Labute approximate surface area is 166 Å². The molecule has 1 fully saturated rings. The van der Waals surface area contributed by atoms with Crippen LogP contribution in [0.15, 0.2) is 60.7 Å². The van der Waals surface area contributed by atoms with Crippen molar-refractivity contribution in [2.75, 3.05) is 13.7 Å². The Morgan fingerprint density at radius 3 is 2.54 bits per heavy atom. The molecule has 3 rings (SSSR count). The van der Waals surface area contributed by atoms with Crippen LogP contribution in [0.5, 0.6) is 5.75 Å². The topological polar surface area (TPSA) is 58.6 Å². The molecule has 5 heteroatoms. The molecular formula is C23H26N2O3. The zero-order valence-corrected chi connectivity index (χ0v) is 16.4. The van der Waals surface area contributed by atoms with E-state index in [4.69, 9.17) is 4.74 Å². The average Bonchev–Trinajstić information content (AvgIpc) is 3.23. The maximum absolute atomic E-state index is 12.8. The number of methoxy groups -OCH3 is 1. The number of carbonyl (C=O) groups is 2. The first-order valence-corrected chi connectivity index (χ1v) is 9.53. The van der Waals surface area contributed by atoms with Gasteiger partial charge < -0.3 is 15.0 Å². The number of nitrogens with zero attached hydrogens (tertiary/aromatic N) is 1. The van der Waals surface area contributed by atoms with E-state index in [0.29, 0.717) is 19.5 Å². The summed E-state index contributed by atoms with van der Waals surface area (Å²) in [6.07, 6.45) is 3.15. The molecule has 2 aromatic rings. The molecule has 0 spiro atoms. The predicted octanol–water partition coefficient (Wildman–Crippen LogP) is 3.41. The molecule has 5 nitrogen and oxygen atoms in total. The molecular weight excluding hydrogens is 352 g/mol. The van der Waals surface area contributed by atoms with Crippen molar-refractivity contribution < 1.29 is 14.3 Å². The summed E-state index contributed by atoms with van der Waals surface area (Å²) in [6.45, 7) is 2.98. The molecule has 0 unspecified atom stereocenters. The number of likely N-dealkylation sites (tertiary alicyclic amines) is 1. The van der Waals surface area contributed by atoms with E-state index >= 15 is 0 Å². The Morgan fingerprint density at radius 1 is 1.14 bits per heavy atom. The first-order chi connectivity index (χ1) is 13.6. The number of allylic oxidation sites excluding steroid dienone is 1. The van der Waals surface area contributed by atoms with Crippen molar-refractivity contribution in [1.29, 1.82) is 0 Å². The van der Waals surface area contributed by atoms with Crippen molar-refractivity contribution in [1.82, 2.24) is 10.2 Å². The molecule has 1 N–H and O–H groups in total. The lowest BCUT2D eigenvalue weighted by atomic mass is 10.1. The smallest absolute Gasteiger partial charge is 0.247 e. The van der Waals surface area contributed by atoms with Crippen molar-refractivity contribution in [3.8, 4) is 5.75 Å². The average molecular weight is 378 g/mol. The molecule has 0 radical (unpaired) electrons. The van der Waals surface area contributed by atoms with Crippen molar-refractivity contribution in [2.24, 2.45) is 0 Å². The minimum atomic E-state index is -0.406. The van der Waals surface area contributed by atoms with Gasteiger partial charge in [-0.05, 0) is 48.6 Å². The van der Waals surface area contributed by atoms with Crippen molar-refractivity contribution in [2.45, 2.75) is 32.4 Å². The van der Waals surface area contributed by atoms with Crippen LogP contribution >= 0.6 is 0 Å². The highest BCUT2D eigenvalue weighted by Crippen LogP contribution is 2.22. The van der Waals surface area contributed by atoms with Gasteiger partial charge in [0.2, 0.25) is 11.8 Å². The Morgan fingerprint density at radius 2 is 1.86 bits per heavy atom. The van der Waals surface area contributed by atoms with Crippen LogP contribution in [0.2, 0.25) is 0 Å². The van der Waals surface area contributed by atoms with Gasteiger partial charge in [0.05, 0.1) is 7.11 Å². The normalized spacial score (nSPS) is 16.7. The van der Waals surface area contributed by atoms with E-state index in [1.54, 1.807) is 18.1 Å². The van der Waals surface area contributed by atoms with Crippen LogP contribution < -0.4 is 10.1 Å². The molecule has 0 bridgehead atoms. The second-order valence-electron chi connectivity index (χ2n) is 6.95. The van der Waals surface area contributed by atoms with Crippen molar-refractivity contribution in [3.05, 3.63) is 71.8 Å². The van der Waals surface area contributed by atoms with Crippen molar-refractivity contribution in [3.63, 3.8) is 0 Å². The van der Waals surface area contributed by atoms with Crippen LogP contribution in [-0.4, -0.2) is 36.4 Å². The van der Waals surface area contributed by atoms with E-state index in [0.717, 1.165) is 28.9 Å². The second-order valence-corrected chi connectivity index (χ2v) is 6.95. The number of hydrogen-bond acceptors (Lipinski definition) is 3. The van der Waals surface area contributed by atoms with E-state index in [2.05, 4.69) is 5.32 Å². The number of nitrogens with one attached hydrogen (secondary N) is 1. The van der Waals surface area contributed by atoms with Crippen LogP contribution in [0.3, 0.4) is 0 Å². The van der Waals surface area contributed by atoms with Crippen LogP contribution in [0.1, 0.15) is 30.9 Å². The fourth-order valence-corrected chi connectivity index (χ4v) is 3.41. The van der Waals surface area contributed by atoms with Gasteiger partial charge in [0, 0.05) is 19.2 Å². The van der Waals surface area contributed by atoms with Gasteiger partial charge in [-0.2, -0.15) is 0 Å². The second kappa shape index (κ2) is 9.22. The highest BCUT2D eigenvalue weighted by molar-refractivity contribution is 5.98. The summed E-state index contributed by atoms with van der Waals surface area (Å²) in [4.78, 5) is 27.1. The van der Waals surface area contributed by atoms with Crippen LogP contribution in [0, 0.1) is 0 Å². The van der Waals surface area contributed by atoms with E-state index in [9.17, 15) is 9.59 Å². The molecule has 1 saturated heterocycles. The number of carbonyl (C=O) groups excluding carboxylic acids is 2. The fourth-order valence-electron chi connectivity index (χ4n) is 3.41. The Kier molecular flexibility index (Phi) is 6.48. The lowest BCUT2D eigenvalue weighted by molar-refractivity contribution is -0.135. The summed E-state index contributed by atoms with van der Waals surface area (Å²) >= 11 is 0. The molecule has 1 aliphatic rings. The molecule has 0 aliphatic carbocycles. The SMILES string of the molecule is COc1ccc(/C(C)=C/C(=O)N2CCC[C@@H]2C(=O)NCc2ccccc2)cc1. The zero-order valence-electron chi connectivity index (χ0n) is 16.4. The van der Waals surface area contributed by atoms with Crippen LogP contribution in [0.4, 0.5) is 0 Å². The summed E-state index contributed by atoms with van der Waals surface area (Å²) in [5, 5.41) is 2.96. The summed E-state index contributed by atoms with van der Waals surface area (Å²) < 4.78 is 5.17. The number of ether oxygens (including phenoxy) is 1. The molecule has 1 heterocycles. The predicted molar refractivity (Wildman–Crippen MR) is 110 cm³/mol. The number of hydrogen-bond donors (Lipinski definition) is 1. The largest absolute Gasteiger partial charge is 0.497 e. The van der Waals surface area contributed by atoms with Gasteiger partial charge >= 0.3 is 0 Å². The zero-order chi connectivity index (χ0) is 19.9. The third kappa shape index (κ3) is 4.80. The van der Waals surface area contributed by atoms with Gasteiger partial charge in [-0.25, -0.2) is 0 Å². The molecule has 146 valence electrons. The quantitative estimate of drug-likeness (QED) is 0.784. The summed E-state index contributed by atoms with van der Waals surface area (Å²) in [5.74, 6) is 0.563. The van der Waals surface area contributed by atoms with E-state index in [1.165, 1.54) is 0 Å². The third-order valence-electron chi connectivity index (χ3n) is 5.03. The Hall–Kier alpha value is -3.08. The van der Waals surface area contributed by atoms with Gasteiger partial charge in [0.15, 0.2) is 0 Å². The van der Waals surface area contributed by atoms with Crippen molar-refractivity contribution >= 4 is 17.4 Å². The van der Waals surface area contributed by atoms with E-state index < -0.39 is 6.04 Å². The molecule has 0 aromatic heterocycles. The third-order valence-corrected chi connectivity index (χ3v) is 5.03. The van der Waals surface area contributed by atoms with Gasteiger partial charge in [0.25, 0.3) is 0 Å². The minimum absolute atomic E-state index is 0.0924. The maximum Gasteiger partial charge on any atom is 0.247 e. The monoisotopic (exact) mass is 378 g/mol. The van der Waals surface area contributed by atoms with Gasteiger partial charge in [0.1, 0.15) is 11.8 Å². The van der Waals surface area contributed by atoms with E-state index in [1.807, 2.05) is 61.5 Å².